The average molecular weight is 368 g/mol. The lowest BCUT2D eigenvalue weighted by Crippen LogP contribution is -2.48. The second-order valence-corrected chi connectivity index (χ2v) is 6.85. The molecule has 1 amide bonds. The molecular weight excluding hydrogens is 349 g/mol. The Kier molecular flexibility index (Phi) is 5.13. The van der Waals surface area contributed by atoms with E-state index in [1.807, 2.05) is 17.0 Å². The van der Waals surface area contributed by atoms with Gasteiger partial charge in [0.1, 0.15) is 11.3 Å². The van der Waals surface area contributed by atoms with Crippen molar-refractivity contribution in [3.63, 3.8) is 0 Å². The van der Waals surface area contributed by atoms with Gasteiger partial charge in [0.25, 0.3) is 5.91 Å². The van der Waals surface area contributed by atoms with E-state index < -0.39 is 0 Å². The first-order chi connectivity index (χ1) is 11.5. The summed E-state index contributed by atoms with van der Waals surface area (Å²) in [4.78, 5) is 16.8. The number of aryl methyl sites for hydroxylation is 2. The van der Waals surface area contributed by atoms with Gasteiger partial charge >= 0.3 is 0 Å². The van der Waals surface area contributed by atoms with Crippen molar-refractivity contribution >= 4 is 29.1 Å². The fourth-order valence-corrected chi connectivity index (χ4v) is 3.41. The van der Waals surface area contributed by atoms with E-state index in [4.69, 9.17) is 27.7 Å². The summed E-state index contributed by atoms with van der Waals surface area (Å²) < 4.78 is 5.10. The molecule has 0 bridgehead atoms. The van der Waals surface area contributed by atoms with Crippen molar-refractivity contribution in [3.8, 4) is 0 Å². The van der Waals surface area contributed by atoms with Crippen molar-refractivity contribution in [1.29, 1.82) is 0 Å². The van der Waals surface area contributed by atoms with Crippen LogP contribution in [0.25, 0.3) is 0 Å². The molecule has 1 saturated heterocycles. The standard InChI is InChI=1S/C17H19Cl2N3O2/c1-11-16(12(2)24-20-11)17(23)22-7-5-21(6-8-22)10-13-3-4-14(18)9-15(13)19/h3-4,9H,5-8,10H2,1-2H3. The van der Waals surface area contributed by atoms with Gasteiger partial charge < -0.3 is 9.42 Å². The minimum absolute atomic E-state index is 0.00424. The van der Waals surface area contributed by atoms with Crippen LogP contribution in [-0.4, -0.2) is 47.0 Å². The number of hydrogen-bond donors (Lipinski definition) is 0. The Morgan fingerprint density at radius 3 is 2.50 bits per heavy atom. The zero-order chi connectivity index (χ0) is 17.3. The van der Waals surface area contributed by atoms with Gasteiger partial charge in [-0.2, -0.15) is 0 Å². The quantitative estimate of drug-likeness (QED) is 0.831. The predicted octanol–water partition coefficient (Wildman–Crippen LogP) is 3.56. The summed E-state index contributed by atoms with van der Waals surface area (Å²) in [5.74, 6) is 0.573. The van der Waals surface area contributed by atoms with E-state index in [1.165, 1.54) is 0 Å². The van der Waals surface area contributed by atoms with Gasteiger partial charge in [-0.3, -0.25) is 9.69 Å². The highest BCUT2D eigenvalue weighted by Crippen LogP contribution is 2.23. The Morgan fingerprint density at radius 2 is 1.92 bits per heavy atom. The zero-order valence-corrected chi connectivity index (χ0v) is 15.2. The topological polar surface area (TPSA) is 49.6 Å². The predicted molar refractivity (Wildman–Crippen MR) is 93.6 cm³/mol. The van der Waals surface area contributed by atoms with Crippen LogP contribution < -0.4 is 0 Å². The molecule has 5 nitrogen and oxygen atoms in total. The third-order valence-corrected chi connectivity index (χ3v) is 4.90. The minimum Gasteiger partial charge on any atom is -0.361 e. The van der Waals surface area contributed by atoms with Crippen LogP contribution >= 0.6 is 23.2 Å². The fourth-order valence-electron chi connectivity index (χ4n) is 2.95. The third kappa shape index (κ3) is 3.58. The molecule has 24 heavy (non-hydrogen) atoms. The largest absolute Gasteiger partial charge is 0.361 e. The van der Waals surface area contributed by atoms with Crippen LogP contribution in [-0.2, 0) is 6.54 Å². The monoisotopic (exact) mass is 367 g/mol. The summed E-state index contributed by atoms with van der Waals surface area (Å²) in [6.45, 7) is 7.27. The first-order valence-corrected chi connectivity index (χ1v) is 8.59. The van der Waals surface area contributed by atoms with E-state index >= 15 is 0 Å². The Morgan fingerprint density at radius 1 is 1.21 bits per heavy atom. The van der Waals surface area contributed by atoms with Crippen LogP contribution in [0.2, 0.25) is 10.0 Å². The fraction of sp³-hybridized carbons (Fsp3) is 0.412. The van der Waals surface area contributed by atoms with Crippen molar-refractivity contribution < 1.29 is 9.32 Å². The van der Waals surface area contributed by atoms with Crippen molar-refractivity contribution in [1.82, 2.24) is 15.0 Å². The molecule has 0 unspecified atom stereocenters. The lowest BCUT2D eigenvalue weighted by Gasteiger charge is -2.34. The lowest BCUT2D eigenvalue weighted by molar-refractivity contribution is 0.0626. The van der Waals surface area contributed by atoms with Crippen LogP contribution in [0.5, 0.6) is 0 Å². The van der Waals surface area contributed by atoms with Gasteiger partial charge in [-0.25, -0.2) is 0 Å². The number of carbonyl (C=O) groups is 1. The molecule has 1 fully saturated rings. The highest BCUT2D eigenvalue weighted by molar-refractivity contribution is 6.35. The Balaban J connectivity index is 1.60. The number of aromatic nitrogens is 1. The molecule has 1 aromatic carbocycles. The van der Waals surface area contributed by atoms with Crippen molar-refractivity contribution in [2.45, 2.75) is 20.4 Å². The third-order valence-electron chi connectivity index (χ3n) is 4.32. The highest BCUT2D eigenvalue weighted by atomic mass is 35.5. The zero-order valence-electron chi connectivity index (χ0n) is 13.7. The molecule has 0 aliphatic carbocycles. The number of piperazine rings is 1. The molecule has 0 saturated carbocycles. The van der Waals surface area contributed by atoms with Gasteiger partial charge in [0.05, 0.1) is 5.69 Å². The first kappa shape index (κ1) is 17.3. The minimum atomic E-state index is -0.00424. The second kappa shape index (κ2) is 7.13. The normalized spacial score (nSPS) is 15.8. The van der Waals surface area contributed by atoms with Crippen LogP contribution in [0.4, 0.5) is 0 Å². The summed E-state index contributed by atoms with van der Waals surface area (Å²) in [6.07, 6.45) is 0. The van der Waals surface area contributed by atoms with Crippen LogP contribution in [0.1, 0.15) is 27.4 Å². The molecular formula is C17H19Cl2N3O2. The molecule has 7 heteroatoms. The van der Waals surface area contributed by atoms with Gasteiger partial charge in [0.15, 0.2) is 0 Å². The number of hydrogen-bond acceptors (Lipinski definition) is 4. The van der Waals surface area contributed by atoms with E-state index in [1.54, 1.807) is 19.9 Å². The lowest BCUT2D eigenvalue weighted by atomic mass is 10.1. The number of amides is 1. The summed E-state index contributed by atoms with van der Waals surface area (Å²) in [6, 6.07) is 5.56. The molecule has 0 radical (unpaired) electrons. The Labute approximate surface area is 151 Å². The number of nitrogens with zero attached hydrogens (tertiary/aromatic N) is 3. The molecule has 1 aromatic heterocycles. The maximum Gasteiger partial charge on any atom is 0.259 e. The number of benzene rings is 1. The van der Waals surface area contributed by atoms with E-state index in [0.29, 0.717) is 40.2 Å². The second-order valence-electron chi connectivity index (χ2n) is 6.00. The van der Waals surface area contributed by atoms with Crippen molar-refractivity contribution in [2.75, 3.05) is 26.2 Å². The maximum atomic E-state index is 12.6. The molecule has 2 aromatic rings. The van der Waals surface area contributed by atoms with E-state index in [9.17, 15) is 4.79 Å². The molecule has 3 rings (SSSR count). The Hall–Kier alpha value is -1.56. The maximum absolute atomic E-state index is 12.6. The molecule has 1 aliphatic heterocycles. The van der Waals surface area contributed by atoms with Crippen LogP contribution in [0, 0.1) is 13.8 Å². The average Bonchev–Trinajstić information content (AvgIpc) is 2.89. The van der Waals surface area contributed by atoms with Crippen LogP contribution in [0.15, 0.2) is 22.7 Å². The van der Waals surface area contributed by atoms with E-state index in [0.717, 1.165) is 25.2 Å². The molecule has 128 valence electrons. The van der Waals surface area contributed by atoms with Gasteiger partial charge in [-0.1, -0.05) is 34.4 Å². The summed E-state index contributed by atoms with van der Waals surface area (Å²) in [5.41, 5.74) is 2.28. The van der Waals surface area contributed by atoms with E-state index in [2.05, 4.69) is 10.1 Å². The number of halogens is 2. The van der Waals surface area contributed by atoms with Crippen molar-refractivity contribution in [3.05, 3.63) is 50.8 Å². The van der Waals surface area contributed by atoms with Gasteiger partial charge in [0.2, 0.25) is 0 Å². The van der Waals surface area contributed by atoms with Gasteiger partial charge in [-0.15, -0.1) is 0 Å². The van der Waals surface area contributed by atoms with Gasteiger partial charge in [-0.05, 0) is 31.5 Å². The van der Waals surface area contributed by atoms with Gasteiger partial charge in [0, 0.05) is 42.8 Å². The molecule has 0 spiro atoms. The highest BCUT2D eigenvalue weighted by Gasteiger charge is 2.26. The van der Waals surface area contributed by atoms with Crippen molar-refractivity contribution in [2.24, 2.45) is 0 Å². The van der Waals surface area contributed by atoms with E-state index in [-0.39, 0.29) is 5.91 Å². The Bertz CT molecular complexity index is 733. The number of carbonyl (C=O) groups excluding carboxylic acids is 1. The molecule has 2 heterocycles. The van der Waals surface area contributed by atoms with Crippen LogP contribution in [0.3, 0.4) is 0 Å². The smallest absolute Gasteiger partial charge is 0.259 e. The molecule has 0 N–H and O–H groups in total. The molecule has 0 atom stereocenters. The number of rotatable bonds is 3. The summed E-state index contributed by atoms with van der Waals surface area (Å²) in [7, 11) is 0. The SMILES string of the molecule is Cc1noc(C)c1C(=O)N1CCN(Cc2ccc(Cl)cc2Cl)CC1. The summed E-state index contributed by atoms with van der Waals surface area (Å²) >= 11 is 12.2. The first-order valence-electron chi connectivity index (χ1n) is 7.84. The summed E-state index contributed by atoms with van der Waals surface area (Å²) in [5, 5.41) is 5.18. The molecule has 1 aliphatic rings.